The van der Waals surface area contributed by atoms with Crippen molar-refractivity contribution >= 4 is 23.1 Å². The number of thiocarbonyl (C=S) groups is 1. The van der Waals surface area contributed by atoms with E-state index in [1.165, 1.54) is 5.56 Å². The van der Waals surface area contributed by atoms with Crippen LogP contribution < -0.4 is 10.1 Å². The zero-order valence-corrected chi connectivity index (χ0v) is 16.9. The molecule has 0 fully saturated rings. The summed E-state index contributed by atoms with van der Waals surface area (Å²) in [6.07, 6.45) is 0. The number of ketones is 1. The van der Waals surface area contributed by atoms with Crippen LogP contribution in [-0.4, -0.2) is 22.8 Å². The molecule has 1 aliphatic heterocycles. The second-order valence-corrected chi connectivity index (χ2v) is 7.14. The maximum atomic E-state index is 12.4. The van der Waals surface area contributed by atoms with Gasteiger partial charge < -0.3 is 15.0 Å². The second-order valence-electron chi connectivity index (χ2n) is 6.75. The summed E-state index contributed by atoms with van der Waals surface area (Å²) < 4.78 is 6.15. The smallest absolute Gasteiger partial charge is 0.173 e. The van der Waals surface area contributed by atoms with E-state index in [1.807, 2.05) is 55.3 Å². The first kappa shape index (κ1) is 19.1. The minimum absolute atomic E-state index is 0.0213. The van der Waals surface area contributed by atoms with Gasteiger partial charge in [-0.05, 0) is 50.2 Å². The molecule has 1 unspecified atom stereocenters. The molecule has 0 saturated heterocycles. The summed E-state index contributed by atoms with van der Waals surface area (Å²) in [5, 5.41) is 3.89. The Bertz CT molecular complexity index is 920. The summed E-state index contributed by atoms with van der Waals surface area (Å²) in [7, 11) is 1.87. The number of Topliss-reactive ketones (excluding diaryl/α,β-unsaturated/α-hetero) is 1. The van der Waals surface area contributed by atoms with Gasteiger partial charge in [-0.3, -0.25) is 4.79 Å². The van der Waals surface area contributed by atoms with Crippen molar-refractivity contribution in [2.24, 2.45) is 0 Å². The third kappa shape index (κ3) is 3.88. The van der Waals surface area contributed by atoms with Crippen LogP contribution in [0.2, 0.25) is 0 Å². The number of nitrogens with zero attached hydrogens (tertiary/aromatic N) is 1. The van der Waals surface area contributed by atoms with Crippen molar-refractivity contribution in [3.05, 3.63) is 76.5 Å². The topological polar surface area (TPSA) is 41.6 Å². The first-order valence-electron chi connectivity index (χ1n) is 8.92. The number of allylic oxidation sites excluding steroid dienone is 1. The highest BCUT2D eigenvalue weighted by Gasteiger charge is 2.32. The minimum atomic E-state index is -0.320. The van der Waals surface area contributed by atoms with Crippen molar-refractivity contribution < 1.29 is 9.53 Å². The lowest BCUT2D eigenvalue weighted by molar-refractivity contribution is -0.114. The molecule has 0 aromatic heterocycles. The molecule has 27 heavy (non-hydrogen) atoms. The molecule has 0 bridgehead atoms. The summed E-state index contributed by atoms with van der Waals surface area (Å²) >= 11 is 5.45. The first-order chi connectivity index (χ1) is 12.9. The van der Waals surface area contributed by atoms with E-state index in [9.17, 15) is 4.79 Å². The zero-order chi connectivity index (χ0) is 19.6. The van der Waals surface area contributed by atoms with Crippen LogP contribution in [0.15, 0.2) is 59.8 Å². The maximum Gasteiger partial charge on any atom is 0.173 e. The summed E-state index contributed by atoms with van der Waals surface area (Å²) in [5.74, 6) is 0.769. The van der Waals surface area contributed by atoms with Gasteiger partial charge in [-0.2, -0.15) is 0 Å². The van der Waals surface area contributed by atoms with E-state index in [2.05, 4.69) is 24.4 Å². The number of carbonyl (C=O) groups is 1. The Morgan fingerprint density at radius 1 is 1.15 bits per heavy atom. The van der Waals surface area contributed by atoms with Gasteiger partial charge in [0, 0.05) is 23.9 Å². The number of ether oxygens (including phenoxy) is 1. The predicted molar refractivity (Wildman–Crippen MR) is 112 cm³/mol. The number of nitrogens with one attached hydrogen (secondary N) is 1. The number of hydrogen-bond acceptors (Lipinski definition) is 3. The summed E-state index contributed by atoms with van der Waals surface area (Å²) in [6.45, 7) is 6.06. The lowest BCUT2D eigenvalue weighted by Gasteiger charge is -2.36. The third-order valence-corrected chi connectivity index (χ3v) is 5.40. The molecular formula is C22H24N2O2S. The molecule has 0 amide bonds. The van der Waals surface area contributed by atoms with E-state index in [0.717, 1.165) is 22.6 Å². The predicted octanol–water partition coefficient (Wildman–Crippen LogP) is 4.30. The highest BCUT2D eigenvalue weighted by Crippen LogP contribution is 2.35. The van der Waals surface area contributed by atoms with E-state index >= 15 is 0 Å². The quantitative estimate of drug-likeness (QED) is 0.784. The summed E-state index contributed by atoms with van der Waals surface area (Å²) in [4.78, 5) is 14.2. The molecule has 1 N–H and O–H groups in total. The van der Waals surface area contributed by atoms with E-state index in [0.29, 0.717) is 17.3 Å². The van der Waals surface area contributed by atoms with E-state index < -0.39 is 0 Å². The number of benzene rings is 2. The Morgan fingerprint density at radius 3 is 2.52 bits per heavy atom. The Labute approximate surface area is 165 Å². The van der Waals surface area contributed by atoms with Gasteiger partial charge in [0.25, 0.3) is 0 Å². The zero-order valence-electron chi connectivity index (χ0n) is 16.1. The van der Waals surface area contributed by atoms with Crippen LogP contribution in [0.1, 0.15) is 36.6 Å². The monoisotopic (exact) mass is 380 g/mol. The molecule has 4 nitrogen and oxygen atoms in total. The third-order valence-electron chi connectivity index (χ3n) is 5.01. The van der Waals surface area contributed by atoms with Gasteiger partial charge in [0.15, 0.2) is 10.9 Å². The largest absolute Gasteiger partial charge is 0.489 e. The average Bonchev–Trinajstić information content (AvgIpc) is 2.65. The lowest BCUT2D eigenvalue weighted by atomic mass is 9.92. The fourth-order valence-corrected chi connectivity index (χ4v) is 3.56. The van der Waals surface area contributed by atoms with Crippen molar-refractivity contribution in [1.82, 2.24) is 10.2 Å². The minimum Gasteiger partial charge on any atom is -0.489 e. The lowest BCUT2D eigenvalue weighted by Crippen LogP contribution is -2.45. The van der Waals surface area contributed by atoms with Crippen molar-refractivity contribution in [1.29, 1.82) is 0 Å². The fourth-order valence-electron chi connectivity index (χ4n) is 3.30. The summed E-state index contributed by atoms with van der Waals surface area (Å²) in [6, 6.07) is 15.6. The average molecular weight is 381 g/mol. The maximum absolute atomic E-state index is 12.4. The van der Waals surface area contributed by atoms with Crippen LogP contribution in [0, 0.1) is 6.92 Å². The number of hydrogen-bond donors (Lipinski definition) is 1. The Balaban J connectivity index is 1.96. The molecule has 0 aliphatic carbocycles. The molecule has 1 heterocycles. The van der Waals surface area contributed by atoms with Crippen LogP contribution in [0.25, 0.3) is 0 Å². The SMILES string of the molecule is CC(=O)C1=C(C)N(C)C(=S)NC1c1ccccc1OCc1ccccc1C. The number of para-hydroxylation sites is 1. The highest BCUT2D eigenvalue weighted by atomic mass is 32.1. The summed E-state index contributed by atoms with van der Waals surface area (Å²) in [5.41, 5.74) is 4.81. The van der Waals surface area contributed by atoms with Crippen LogP contribution in [0.4, 0.5) is 0 Å². The highest BCUT2D eigenvalue weighted by molar-refractivity contribution is 7.80. The Hall–Kier alpha value is -2.66. The first-order valence-corrected chi connectivity index (χ1v) is 9.33. The van der Waals surface area contributed by atoms with Gasteiger partial charge >= 0.3 is 0 Å². The van der Waals surface area contributed by atoms with Crippen LogP contribution in [0.3, 0.4) is 0 Å². The number of carbonyl (C=O) groups excluding carboxylic acids is 1. The molecule has 2 aromatic carbocycles. The number of aryl methyl sites for hydroxylation is 1. The van der Waals surface area contributed by atoms with Gasteiger partial charge in [0.05, 0.1) is 6.04 Å². The van der Waals surface area contributed by atoms with E-state index in [-0.39, 0.29) is 11.8 Å². The fraction of sp³-hybridized carbons (Fsp3) is 0.273. The molecule has 3 rings (SSSR count). The Morgan fingerprint density at radius 2 is 1.81 bits per heavy atom. The Kier molecular flexibility index (Phi) is 5.61. The van der Waals surface area contributed by atoms with Gasteiger partial charge in [-0.25, -0.2) is 0 Å². The van der Waals surface area contributed by atoms with Gasteiger partial charge in [0.1, 0.15) is 12.4 Å². The molecule has 1 aliphatic rings. The van der Waals surface area contributed by atoms with Crippen molar-refractivity contribution in [3.63, 3.8) is 0 Å². The second kappa shape index (κ2) is 7.92. The van der Waals surface area contributed by atoms with E-state index in [4.69, 9.17) is 17.0 Å². The number of rotatable bonds is 5. The van der Waals surface area contributed by atoms with Crippen LogP contribution in [-0.2, 0) is 11.4 Å². The van der Waals surface area contributed by atoms with Crippen LogP contribution in [0.5, 0.6) is 5.75 Å². The van der Waals surface area contributed by atoms with Crippen molar-refractivity contribution in [2.45, 2.75) is 33.4 Å². The molecule has 0 spiro atoms. The molecule has 5 heteroatoms. The molecule has 0 radical (unpaired) electrons. The van der Waals surface area contributed by atoms with Crippen LogP contribution >= 0.6 is 12.2 Å². The van der Waals surface area contributed by atoms with Gasteiger partial charge in [0.2, 0.25) is 0 Å². The molecule has 0 saturated carbocycles. The van der Waals surface area contributed by atoms with Gasteiger partial charge in [-0.1, -0.05) is 42.5 Å². The molecule has 140 valence electrons. The molecular weight excluding hydrogens is 356 g/mol. The van der Waals surface area contributed by atoms with E-state index in [1.54, 1.807) is 6.92 Å². The van der Waals surface area contributed by atoms with Crippen molar-refractivity contribution in [3.8, 4) is 5.75 Å². The molecule has 1 atom stereocenters. The van der Waals surface area contributed by atoms with Gasteiger partial charge in [-0.15, -0.1) is 0 Å². The standard InChI is InChI=1S/C22H24N2O2S/c1-14-9-5-6-10-17(14)13-26-19-12-8-7-11-18(19)21-20(16(3)25)15(2)24(4)22(27)23-21/h5-12,21H,13H2,1-4H3,(H,23,27). The van der Waals surface area contributed by atoms with Crippen molar-refractivity contribution in [2.75, 3.05) is 7.05 Å². The normalized spacial score (nSPS) is 17.0. The molecule has 2 aromatic rings.